The van der Waals surface area contributed by atoms with Crippen LogP contribution in [0.15, 0.2) is 54.6 Å². The maximum atomic E-state index is 12.8. The van der Waals surface area contributed by atoms with Gasteiger partial charge < -0.3 is 5.32 Å². The van der Waals surface area contributed by atoms with Gasteiger partial charge in [-0.3, -0.25) is 14.4 Å². The topological polar surface area (TPSA) is 50.2 Å². The molecule has 0 bridgehead atoms. The first-order valence-electron chi connectivity index (χ1n) is 11.2. The highest BCUT2D eigenvalue weighted by molar-refractivity contribution is 6.04. The summed E-state index contributed by atoms with van der Waals surface area (Å²) >= 11 is 0. The first kappa shape index (κ1) is 20.6. The molecule has 1 amide bonds. The quantitative estimate of drug-likeness (QED) is 0.602. The molecule has 0 spiro atoms. The third kappa shape index (κ3) is 4.90. The van der Waals surface area contributed by atoms with Crippen molar-refractivity contribution in [3.8, 4) is 0 Å². The number of carbonyl (C=O) groups is 1. The summed E-state index contributed by atoms with van der Waals surface area (Å²) in [5.41, 5.74) is 2.98. The van der Waals surface area contributed by atoms with Crippen LogP contribution in [0.4, 0.5) is 0 Å². The molecule has 5 nitrogen and oxygen atoms in total. The summed E-state index contributed by atoms with van der Waals surface area (Å²) in [6.45, 7) is 6.99. The SMILES string of the molecule is CCCn1nc(C(=O)NCCC2CCN(Cc3ccccc3)CC2)c2ccccc21. The van der Waals surface area contributed by atoms with Gasteiger partial charge in [0.1, 0.15) is 0 Å². The van der Waals surface area contributed by atoms with Crippen LogP contribution in [0.1, 0.15) is 48.7 Å². The van der Waals surface area contributed by atoms with E-state index in [1.54, 1.807) is 0 Å². The molecule has 1 saturated heterocycles. The Labute approximate surface area is 179 Å². The van der Waals surface area contributed by atoms with Crippen molar-refractivity contribution in [3.63, 3.8) is 0 Å². The van der Waals surface area contributed by atoms with Gasteiger partial charge in [-0.2, -0.15) is 5.10 Å². The number of amides is 1. The number of likely N-dealkylation sites (tertiary alicyclic amines) is 1. The van der Waals surface area contributed by atoms with Crippen LogP contribution in [0.25, 0.3) is 10.9 Å². The minimum atomic E-state index is -0.0532. The van der Waals surface area contributed by atoms with Crippen LogP contribution in [0.5, 0.6) is 0 Å². The molecule has 4 rings (SSSR count). The Morgan fingerprint density at radius 3 is 2.57 bits per heavy atom. The predicted octanol–water partition coefficient (Wildman–Crippen LogP) is 4.48. The van der Waals surface area contributed by atoms with Gasteiger partial charge in [-0.25, -0.2) is 0 Å². The fourth-order valence-electron chi connectivity index (χ4n) is 4.43. The van der Waals surface area contributed by atoms with E-state index < -0.39 is 0 Å². The smallest absolute Gasteiger partial charge is 0.272 e. The van der Waals surface area contributed by atoms with Gasteiger partial charge in [-0.05, 0) is 56.3 Å². The molecule has 1 N–H and O–H groups in total. The van der Waals surface area contributed by atoms with Crippen molar-refractivity contribution in [3.05, 3.63) is 65.9 Å². The number of hydrogen-bond acceptors (Lipinski definition) is 3. The van der Waals surface area contributed by atoms with E-state index in [1.165, 1.54) is 18.4 Å². The van der Waals surface area contributed by atoms with Crippen LogP contribution in [0.3, 0.4) is 0 Å². The van der Waals surface area contributed by atoms with E-state index in [1.807, 2.05) is 28.9 Å². The summed E-state index contributed by atoms with van der Waals surface area (Å²) in [6.07, 6.45) is 4.45. The Morgan fingerprint density at radius 1 is 1.07 bits per heavy atom. The van der Waals surface area contributed by atoms with Crippen LogP contribution >= 0.6 is 0 Å². The maximum Gasteiger partial charge on any atom is 0.272 e. The number of carbonyl (C=O) groups excluding carboxylic acids is 1. The molecule has 1 fully saturated rings. The van der Waals surface area contributed by atoms with Gasteiger partial charge >= 0.3 is 0 Å². The summed E-state index contributed by atoms with van der Waals surface area (Å²) in [6, 6.07) is 18.7. The first-order chi connectivity index (χ1) is 14.7. The maximum absolute atomic E-state index is 12.8. The number of nitrogens with zero attached hydrogens (tertiary/aromatic N) is 3. The second kappa shape index (κ2) is 9.90. The summed E-state index contributed by atoms with van der Waals surface area (Å²) in [4.78, 5) is 15.3. The fraction of sp³-hybridized carbons (Fsp3) is 0.440. The fourth-order valence-corrected chi connectivity index (χ4v) is 4.43. The van der Waals surface area contributed by atoms with Crippen molar-refractivity contribution < 1.29 is 4.79 Å². The standard InChI is InChI=1S/C25H32N4O/c1-2-16-29-23-11-7-6-10-22(23)24(27-29)25(30)26-15-12-20-13-17-28(18-14-20)19-21-8-4-3-5-9-21/h3-11,20H,2,12-19H2,1H3,(H,26,30). The number of fused-ring (bicyclic) bond motifs is 1. The Kier molecular flexibility index (Phi) is 6.80. The van der Waals surface area contributed by atoms with Crippen molar-refractivity contribution in [2.24, 2.45) is 5.92 Å². The molecule has 1 aromatic heterocycles. The normalized spacial score (nSPS) is 15.5. The first-order valence-corrected chi connectivity index (χ1v) is 11.2. The average molecular weight is 405 g/mol. The van der Waals surface area contributed by atoms with Crippen molar-refractivity contribution >= 4 is 16.8 Å². The molecule has 5 heteroatoms. The van der Waals surface area contributed by atoms with E-state index in [-0.39, 0.29) is 5.91 Å². The number of aryl methyl sites for hydroxylation is 1. The Balaban J connectivity index is 1.25. The number of aromatic nitrogens is 2. The van der Waals surface area contributed by atoms with Gasteiger partial charge in [0, 0.05) is 25.0 Å². The average Bonchev–Trinajstić information content (AvgIpc) is 3.15. The Bertz CT molecular complexity index is 958. The van der Waals surface area contributed by atoms with E-state index in [2.05, 4.69) is 52.6 Å². The lowest BCUT2D eigenvalue weighted by molar-refractivity contribution is 0.0943. The molecule has 0 unspecified atom stereocenters. The lowest BCUT2D eigenvalue weighted by Crippen LogP contribution is -2.35. The molecular weight excluding hydrogens is 372 g/mol. The second-order valence-corrected chi connectivity index (χ2v) is 8.34. The number of nitrogens with one attached hydrogen (secondary N) is 1. The zero-order valence-electron chi connectivity index (χ0n) is 17.9. The molecule has 0 saturated carbocycles. The van der Waals surface area contributed by atoms with Crippen molar-refractivity contribution in [1.29, 1.82) is 0 Å². The molecule has 158 valence electrons. The van der Waals surface area contributed by atoms with E-state index in [0.29, 0.717) is 11.6 Å². The molecular formula is C25H32N4O. The molecule has 2 heterocycles. The third-order valence-electron chi connectivity index (χ3n) is 6.10. The minimum Gasteiger partial charge on any atom is -0.351 e. The van der Waals surface area contributed by atoms with Gasteiger partial charge in [0.25, 0.3) is 5.91 Å². The molecule has 1 aliphatic rings. The van der Waals surface area contributed by atoms with E-state index in [9.17, 15) is 4.79 Å². The lowest BCUT2D eigenvalue weighted by atomic mass is 9.93. The summed E-state index contributed by atoms with van der Waals surface area (Å²) in [5, 5.41) is 8.65. The molecule has 3 aromatic rings. The molecule has 0 atom stereocenters. The molecule has 0 radical (unpaired) electrons. The van der Waals surface area contributed by atoms with E-state index >= 15 is 0 Å². The van der Waals surface area contributed by atoms with Gasteiger partial charge in [-0.15, -0.1) is 0 Å². The third-order valence-corrected chi connectivity index (χ3v) is 6.10. The lowest BCUT2D eigenvalue weighted by Gasteiger charge is -2.32. The second-order valence-electron chi connectivity index (χ2n) is 8.34. The molecule has 30 heavy (non-hydrogen) atoms. The van der Waals surface area contributed by atoms with Gasteiger partial charge in [0.2, 0.25) is 0 Å². The number of para-hydroxylation sites is 1. The van der Waals surface area contributed by atoms with Crippen molar-refractivity contribution in [2.45, 2.75) is 45.7 Å². The summed E-state index contributed by atoms with van der Waals surface area (Å²) in [7, 11) is 0. The number of hydrogen-bond donors (Lipinski definition) is 1. The van der Waals surface area contributed by atoms with Gasteiger partial charge in [0.15, 0.2) is 5.69 Å². The number of piperidine rings is 1. The van der Waals surface area contributed by atoms with Gasteiger partial charge in [0.05, 0.1) is 5.52 Å². The summed E-state index contributed by atoms with van der Waals surface area (Å²) < 4.78 is 1.95. The summed E-state index contributed by atoms with van der Waals surface area (Å²) in [5.74, 6) is 0.634. The van der Waals surface area contributed by atoms with E-state index in [0.717, 1.165) is 56.5 Å². The van der Waals surface area contributed by atoms with Gasteiger partial charge in [-0.1, -0.05) is 55.5 Å². The van der Waals surface area contributed by atoms with Crippen LogP contribution in [-0.4, -0.2) is 40.2 Å². The van der Waals surface area contributed by atoms with Crippen LogP contribution in [0, 0.1) is 5.92 Å². The largest absolute Gasteiger partial charge is 0.351 e. The number of rotatable bonds is 8. The van der Waals surface area contributed by atoms with Crippen LogP contribution < -0.4 is 5.32 Å². The minimum absolute atomic E-state index is 0.0532. The Hall–Kier alpha value is -2.66. The predicted molar refractivity (Wildman–Crippen MR) is 121 cm³/mol. The molecule has 1 aliphatic heterocycles. The highest BCUT2D eigenvalue weighted by Crippen LogP contribution is 2.22. The monoisotopic (exact) mass is 404 g/mol. The Morgan fingerprint density at radius 2 is 1.80 bits per heavy atom. The zero-order valence-corrected chi connectivity index (χ0v) is 17.9. The highest BCUT2D eigenvalue weighted by atomic mass is 16.1. The highest BCUT2D eigenvalue weighted by Gasteiger charge is 2.20. The number of benzene rings is 2. The van der Waals surface area contributed by atoms with E-state index in [4.69, 9.17) is 0 Å². The molecule has 2 aromatic carbocycles. The van der Waals surface area contributed by atoms with Crippen molar-refractivity contribution in [2.75, 3.05) is 19.6 Å². The van der Waals surface area contributed by atoms with Crippen LogP contribution in [0.2, 0.25) is 0 Å². The van der Waals surface area contributed by atoms with Crippen molar-refractivity contribution in [1.82, 2.24) is 20.0 Å². The molecule has 0 aliphatic carbocycles. The van der Waals surface area contributed by atoms with Crippen LogP contribution in [-0.2, 0) is 13.1 Å². The zero-order chi connectivity index (χ0) is 20.8.